The first kappa shape index (κ1) is 10.7. The summed E-state index contributed by atoms with van der Waals surface area (Å²) in [6, 6.07) is 7.49. The fraction of sp³-hybridized carbons (Fsp3) is 0.364. The molecule has 0 fully saturated rings. The molecule has 1 aromatic rings. The van der Waals surface area contributed by atoms with Crippen LogP contribution in [0.1, 0.15) is 12.5 Å². The van der Waals surface area contributed by atoms with Gasteiger partial charge in [0.05, 0.1) is 6.04 Å². The van der Waals surface area contributed by atoms with Gasteiger partial charge in [-0.15, -0.1) is 0 Å². The second-order valence-corrected chi connectivity index (χ2v) is 3.40. The maximum absolute atomic E-state index is 11.2. The van der Waals surface area contributed by atoms with Gasteiger partial charge in [-0.3, -0.25) is 4.79 Å². The van der Waals surface area contributed by atoms with Gasteiger partial charge in [0.15, 0.2) is 0 Å². The molecule has 3 N–H and O–H groups in total. The van der Waals surface area contributed by atoms with Crippen LogP contribution in [0.25, 0.3) is 0 Å². The van der Waals surface area contributed by atoms with Crippen molar-refractivity contribution >= 4 is 11.5 Å². The molecule has 3 nitrogen and oxygen atoms in total. The highest BCUT2D eigenvalue weighted by Crippen LogP contribution is 2.08. The molecule has 1 aromatic carbocycles. The lowest BCUT2D eigenvalue weighted by atomic mass is 10.0. The van der Waals surface area contributed by atoms with E-state index >= 15 is 0 Å². The number of ketones is 1. The van der Waals surface area contributed by atoms with E-state index in [4.69, 9.17) is 5.73 Å². The molecule has 0 heterocycles. The van der Waals surface area contributed by atoms with Crippen LogP contribution in [0, 0.1) is 0 Å². The molecule has 0 spiro atoms. The smallest absolute Gasteiger partial charge is 0.147 e. The summed E-state index contributed by atoms with van der Waals surface area (Å²) >= 11 is 0. The fourth-order valence-corrected chi connectivity index (χ4v) is 1.34. The third-order valence-electron chi connectivity index (χ3n) is 2.26. The molecular weight excluding hydrogens is 176 g/mol. The molecule has 0 bridgehead atoms. The van der Waals surface area contributed by atoms with Gasteiger partial charge in [-0.05, 0) is 38.1 Å². The number of nitrogen functional groups attached to an aromatic ring is 1. The Bertz CT molecular complexity index is 306. The molecule has 0 unspecified atom stereocenters. The SMILES string of the molecule is CN[C@@H](Cc1ccc(N)cc1)C(C)=O. The number of nitrogens with one attached hydrogen (secondary N) is 1. The van der Waals surface area contributed by atoms with E-state index in [9.17, 15) is 4.79 Å². The van der Waals surface area contributed by atoms with Gasteiger partial charge in [0, 0.05) is 5.69 Å². The van der Waals surface area contributed by atoms with E-state index in [0.717, 1.165) is 11.3 Å². The Kier molecular flexibility index (Phi) is 3.65. The normalized spacial score (nSPS) is 12.4. The molecule has 0 aliphatic carbocycles. The number of carbonyl (C=O) groups excluding carboxylic acids is 1. The summed E-state index contributed by atoms with van der Waals surface area (Å²) < 4.78 is 0. The van der Waals surface area contributed by atoms with Crippen LogP contribution in [0.2, 0.25) is 0 Å². The second-order valence-electron chi connectivity index (χ2n) is 3.40. The third-order valence-corrected chi connectivity index (χ3v) is 2.26. The molecule has 0 radical (unpaired) electrons. The molecule has 1 atom stereocenters. The van der Waals surface area contributed by atoms with Crippen molar-refractivity contribution in [2.75, 3.05) is 12.8 Å². The predicted octanol–water partition coefficient (Wildman–Crippen LogP) is 0.988. The summed E-state index contributed by atoms with van der Waals surface area (Å²) in [5, 5.41) is 2.98. The van der Waals surface area contributed by atoms with Gasteiger partial charge in [-0.1, -0.05) is 12.1 Å². The maximum Gasteiger partial charge on any atom is 0.147 e. The first-order valence-corrected chi connectivity index (χ1v) is 4.65. The topological polar surface area (TPSA) is 55.1 Å². The van der Waals surface area contributed by atoms with Crippen molar-refractivity contribution in [3.05, 3.63) is 29.8 Å². The van der Waals surface area contributed by atoms with E-state index in [0.29, 0.717) is 6.42 Å². The zero-order valence-corrected chi connectivity index (χ0v) is 8.58. The minimum absolute atomic E-state index is 0.0985. The summed E-state index contributed by atoms with van der Waals surface area (Å²) in [5.74, 6) is 0.157. The summed E-state index contributed by atoms with van der Waals surface area (Å²) in [7, 11) is 1.80. The van der Waals surface area contributed by atoms with Crippen LogP contribution in [0.4, 0.5) is 5.69 Å². The van der Waals surface area contributed by atoms with Crippen molar-refractivity contribution in [3.63, 3.8) is 0 Å². The van der Waals surface area contributed by atoms with Crippen LogP contribution in [-0.2, 0) is 11.2 Å². The minimum Gasteiger partial charge on any atom is -0.399 e. The highest BCUT2D eigenvalue weighted by molar-refractivity contribution is 5.81. The lowest BCUT2D eigenvalue weighted by Crippen LogP contribution is -2.34. The Morgan fingerprint density at radius 3 is 2.43 bits per heavy atom. The zero-order valence-electron chi connectivity index (χ0n) is 8.58. The minimum atomic E-state index is -0.0985. The summed E-state index contributed by atoms with van der Waals surface area (Å²) in [6.07, 6.45) is 0.714. The van der Waals surface area contributed by atoms with Crippen molar-refractivity contribution in [1.29, 1.82) is 0 Å². The largest absolute Gasteiger partial charge is 0.399 e. The van der Waals surface area contributed by atoms with Crippen LogP contribution in [-0.4, -0.2) is 18.9 Å². The Morgan fingerprint density at radius 2 is 2.00 bits per heavy atom. The van der Waals surface area contributed by atoms with E-state index in [1.165, 1.54) is 0 Å². The lowest BCUT2D eigenvalue weighted by molar-refractivity contribution is -0.118. The van der Waals surface area contributed by atoms with Crippen LogP contribution < -0.4 is 11.1 Å². The molecule has 0 saturated heterocycles. The average Bonchev–Trinajstić information content (AvgIpc) is 2.16. The number of hydrogen-bond donors (Lipinski definition) is 2. The van der Waals surface area contributed by atoms with E-state index < -0.39 is 0 Å². The third kappa shape index (κ3) is 2.85. The first-order valence-electron chi connectivity index (χ1n) is 4.65. The Morgan fingerprint density at radius 1 is 1.43 bits per heavy atom. The Labute approximate surface area is 84.3 Å². The van der Waals surface area contributed by atoms with Gasteiger partial charge in [-0.2, -0.15) is 0 Å². The van der Waals surface area contributed by atoms with Crippen LogP contribution in [0.15, 0.2) is 24.3 Å². The Balaban J connectivity index is 2.67. The fourth-order valence-electron chi connectivity index (χ4n) is 1.34. The van der Waals surface area contributed by atoms with Gasteiger partial charge in [0.25, 0.3) is 0 Å². The molecule has 76 valence electrons. The standard InChI is InChI=1S/C11H16N2O/c1-8(14)11(13-2)7-9-3-5-10(12)6-4-9/h3-6,11,13H,7,12H2,1-2H3/t11-/m0/s1. The van der Waals surface area contributed by atoms with Crippen molar-refractivity contribution in [1.82, 2.24) is 5.32 Å². The van der Waals surface area contributed by atoms with E-state index in [1.807, 2.05) is 24.3 Å². The van der Waals surface area contributed by atoms with Crippen molar-refractivity contribution in [2.24, 2.45) is 0 Å². The first-order chi connectivity index (χ1) is 6.63. The second kappa shape index (κ2) is 4.77. The molecule has 0 aliphatic heterocycles. The van der Waals surface area contributed by atoms with Crippen molar-refractivity contribution < 1.29 is 4.79 Å². The molecule has 0 amide bonds. The average molecular weight is 192 g/mol. The van der Waals surface area contributed by atoms with Gasteiger partial charge >= 0.3 is 0 Å². The number of likely N-dealkylation sites (N-methyl/N-ethyl adjacent to an activating group) is 1. The van der Waals surface area contributed by atoms with Crippen LogP contribution >= 0.6 is 0 Å². The zero-order chi connectivity index (χ0) is 10.6. The van der Waals surface area contributed by atoms with Crippen molar-refractivity contribution in [3.8, 4) is 0 Å². The lowest BCUT2D eigenvalue weighted by Gasteiger charge is -2.12. The molecule has 0 aromatic heterocycles. The highest BCUT2D eigenvalue weighted by Gasteiger charge is 2.11. The van der Waals surface area contributed by atoms with Gasteiger partial charge in [0.1, 0.15) is 5.78 Å². The number of anilines is 1. The number of Topliss-reactive ketones (excluding diaryl/α,β-unsaturated/α-hetero) is 1. The van der Waals surface area contributed by atoms with E-state index in [-0.39, 0.29) is 11.8 Å². The number of benzene rings is 1. The monoisotopic (exact) mass is 192 g/mol. The van der Waals surface area contributed by atoms with Gasteiger partial charge in [-0.25, -0.2) is 0 Å². The van der Waals surface area contributed by atoms with Crippen LogP contribution in [0.5, 0.6) is 0 Å². The summed E-state index contributed by atoms with van der Waals surface area (Å²) in [5.41, 5.74) is 7.43. The molecular formula is C11H16N2O. The van der Waals surface area contributed by atoms with Crippen molar-refractivity contribution in [2.45, 2.75) is 19.4 Å². The number of hydrogen-bond acceptors (Lipinski definition) is 3. The van der Waals surface area contributed by atoms with Gasteiger partial charge < -0.3 is 11.1 Å². The quantitative estimate of drug-likeness (QED) is 0.699. The van der Waals surface area contributed by atoms with E-state index in [2.05, 4.69) is 5.32 Å². The van der Waals surface area contributed by atoms with Crippen LogP contribution in [0.3, 0.4) is 0 Å². The summed E-state index contributed by atoms with van der Waals surface area (Å²) in [6.45, 7) is 1.60. The summed E-state index contributed by atoms with van der Waals surface area (Å²) in [4.78, 5) is 11.2. The molecule has 1 rings (SSSR count). The molecule has 0 aliphatic rings. The molecule has 0 saturated carbocycles. The maximum atomic E-state index is 11.2. The number of rotatable bonds is 4. The number of carbonyl (C=O) groups is 1. The van der Waals surface area contributed by atoms with Gasteiger partial charge in [0.2, 0.25) is 0 Å². The molecule has 14 heavy (non-hydrogen) atoms. The Hall–Kier alpha value is -1.35. The predicted molar refractivity (Wildman–Crippen MR) is 58.1 cm³/mol. The highest BCUT2D eigenvalue weighted by atomic mass is 16.1. The number of nitrogens with two attached hydrogens (primary N) is 1. The van der Waals surface area contributed by atoms with E-state index in [1.54, 1.807) is 14.0 Å². The molecule has 3 heteroatoms.